The third-order valence-corrected chi connectivity index (χ3v) is 2.30. The first kappa shape index (κ1) is 8.97. The first-order valence-electron chi connectivity index (χ1n) is 4.00. The van der Waals surface area contributed by atoms with Crippen molar-refractivity contribution in [1.29, 1.82) is 5.26 Å². The average molecular weight is 248 g/mol. The molecule has 2 aromatic rings. The first-order chi connectivity index (χ1) is 6.81. The molecule has 3 nitrogen and oxygen atoms in total. The number of nitrogens with zero attached hydrogens (tertiary/aromatic N) is 2. The van der Waals surface area contributed by atoms with E-state index in [0.717, 1.165) is 21.1 Å². The van der Waals surface area contributed by atoms with Crippen molar-refractivity contribution in [2.75, 3.05) is 5.32 Å². The SMILES string of the molecule is N#CNc1cccc2cc(Br)cnc12. The van der Waals surface area contributed by atoms with Crippen LogP contribution in [-0.4, -0.2) is 4.98 Å². The van der Waals surface area contributed by atoms with Gasteiger partial charge in [0.1, 0.15) is 0 Å². The zero-order valence-corrected chi connectivity index (χ0v) is 8.75. The molecule has 1 aromatic heterocycles. The number of para-hydroxylation sites is 1. The summed E-state index contributed by atoms with van der Waals surface area (Å²) in [5, 5.41) is 12.1. The van der Waals surface area contributed by atoms with Crippen LogP contribution in [0, 0.1) is 11.5 Å². The van der Waals surface area contributed by atoms with Crippen molar-refractivity contribution in [2.45, 2.75) is 0 Å². The van der Waals surface area contributed by atoms with Crippen LogP contribution in [0.4, 0.5) is 5.69 Å². The Kier molecular flexibility index (Phi) is 2.33. The van der Waals surface area contributed by atoms with E-state index < -0.39 is 0 Å². The maximum absolute atomic E-state index is 8.54. The predicted molar refractivity (Wildman–Crippen MR) is 58.7 cm³/mol. The zero-order chi connectivity index (χ0) is 9.97. The second kappa shape index (κ2) is 3.64. The second-order valence-electron chi connectivity index (χ2n) is 2.77. The van der Waals surface area contributed by atoms with Crippen molar-refractivity contribution in [3.63, 3.8) is 0 Å². The summed E-state index contributed by atoms with van der Waals surface area (Å²) in [5.41, 5.74) is 1.54. The van der Waals surface area contributed by atoms with E-state index in [1.54, 1.807) is 6.20 Å². The summed E-state index contributed by atoms with van der Waals surface area (Å²) in [4.78, 5) is 4.24. The highest BCUT2D eigenvalue weighted by atomic mass is 79.9. The van der Waals surface area contributed by atoms with Crippen LogP contribution in [0.5, 0.6) is 0 Å². The molecule has 0 radical (unpaired) electrons. The number of nitrogens with one attached hydrogen (secondary N) is 1. The summed E-state index contributed by atoms with van der Waals surface area (Å²) in [6, 6.07) is 7.63. The van der Waals surface area contributed by atoms with Gasteiger partial charge in [-0.15, -0.1) is 0 Å². The molecule has 0 aliphatic rings. The Labute approximate surface area is 89.5 Å². The molecule has 14 heavy (non-hydrogen) atoms. The van der Waals surface area contributed by atoms with Crippen molar-refractivity contribution < 1.29 is 0 Å². The molecule has 1 aromatic carbocycles. The van der Waals surface area contributed by atoms with Gasteiger partial charge < -0.3 is 0 Å². The van der Waals surface area contributed by atoms with E-state index in [0.29, 0.717) is 0 Å². The van der Waals surface area contributed by atoms with Crippen LogP contribution in [0.2, 0.25) is 0 Å². The second-order valence-corrected chi connectivity index (χ2v) is 3.68. The summed E-state index contributed by atoms with van der Waals surface area (Å²) in [5.74, 6) is 0. The Morgan fingerprint density at radius 1 is 1.43 bits per heavy atom. The summed E-state index contributed by atoms with van der Waals surface area (Å²) >= 11 is 3.35. The van der Waals surface area contributed by atoms with Crippen LogP contribution in [0.15, 0.2) is 34.9 Å². The molecule has 0 aliphatic carbocycles. The largest absolute Gasteiger partial charge is 0.291 e. The first-order valence-corrected chi connectivity index (χ1v) is 4.80. The number of rotatable bonds is 1. The standard InChI is InChI=1S/C10H6BrN3/c11-8-4-7-2-1-3-9(14-6-12)10(7)13-5-8/h1-5,14H. The molecule has 0 fully saturated rings. The smallest absolute Gasteiger partial charge is 0.181 e. The number of pyridine rings is 1. The molecule has 0 spiro atoms. The van der Waals surface area contributed by atoms with Crippen LogP contribution >= 0.6 is 15.9 Å². The third-order valence-electron chi connectivity index (χ3n) is 1.87. The van der Waals surface area contributed by atoms with E-state index in [1.807, 2.05) is 30.5 Å². The van der Waals surface area contributed by atoms with Crippen LogP contribution in [0.25, 0.3) is 10.9 Å². The molecule has 1 N–H and O–H groups in total. The zero-order valence-electron chi connectivity index (χ0n) is 7.16. The lowest BCUT2D eigenvalue weighted by Gasteiger charge is -2.02. The van der Waals surface area contributed by atoms with Gasteiger partial charge in [0.05, 0.1) is 11.2 Å². The summed E-state index contributed by atoms with van der Waals surface area (Å²) in [6.07, 6.45) is 3.60. The number of aromatic nitrogens is 1. The Bertz CT molecular complexity index is 516. The lowest BCUT2D eigenvalue weighted by atomic mass is 10.2. The molecule has 4 heteroatoms. The summed E-state index contributed by atoms with van der Waals surface area (Å²) in [6.45, 7) is 0. The highest BCUT2D eigenvalue weighted by Crippen LogP contribution is 2.23. The Morgan fingerprint density at radius 2 is 2.29 bits per heavy atom. The summed E-state index contributed by atoms with van der Waals surface area (Å²) in [7, 11) is 0. The number of anilines is 1. The molecule has 0 unspecified atom stereocenters. The van der Waals surface area contributed by atoms with Gasteiger partial charge in [0.2, 0.25) is 0 Å². The normalized spacial score (nSPS) is 9.71. The quantitative estimate of drug-likeness (QED) is 0.623. The van der Waals surface area contributed by atoms with Crippen molar-refractivity contribution in [3.05, 3.63) is 34.9 Å². The van der Waals surface area contributed by atoms with Gasteiger partial charge in [0.15, 0.2) is 6.19 Å². The van der Waals surface area contributed by atoms with E-state index in [2.05, 4.69) is 26.2 Å². The molecule has 2 rings (SSSR count). The lowest BCUT2D eigenvalue weighted by Crippen LogP contribution is -1.90. The van der Waals surface area contributed by atoms with Gasteiger partial charge >= 0.3 is 0 Å². The lowest BCUT2D eigenvalue weighted by molar-refractivity contribution is 1.38. The number of fused-ring (bicyclic) bond motifs is 1. The van der Waals surface area contributed by atoms with Gasteiger partial charge in [-0.1, -0.05) is 12.1 Å². The average Bonchev–Trinajstić information content (AvgIpc) is 2.18. The van der Waals surface area contributed by atoms with E-state index in [4.69, 9.17) is 5.26 Å². The van der Waals surface area contributed by atoms with E-state index in [-0.39, 0.29) is 0 Å². The fraction of sp³-hybridized carbons (Fsp3) is 0. The molecule has 0 atom stereocenters. The molecule has 0 aliphatic heterocycles. The molecular weight excluding hydrogens is 242 g/mol. The number of hydrogen-bond donors (Lipinski definition) is 1. The molecule has 0 amide bonds. The summed E-state index contributed by atoms with van der Waals surface area (Å²) < 4.78 is 0.930. The molecular formula is C10H6BrN3. The molecule has 0 saturated heterocycles. The third kappa shape index (κ3) is 1.54. The van der Waals surface area contributed by atoms with Gasteiger partial charge in [-0.2, -0.15) is 5.26 Å². The van der Waals surface area contributed by atoms with Gasteiger partial charge in [0, 0.05) is 16.1 Å². The highest BCUT2D eigenvalue weighted by Gasteiger charge is 2.01. The number of nitriles is 1. The minimum absolute atomic E-state index is 0.734. The van der Waals surface area contributed by atoms with E-state index in [1.165, 1.54) is 0 Å². The Morgan fingerprint density at radius 3 is 3.07 bits per heavy atom. The number of hydrogen-bond acceptors (Lipinski definition) is 3. The minimum atomic E-state index is 0.734. The monoisotopic (exact) mass is 247 g/mol. The van der Waals surface area contributed by atoms with Gasteiger partial charge in [-0.05, 0) is 28.1 Å². The van der Waals surface area contributed by atoms with Gasteiger partial charge in [0.25, 0.3) is 0 Å². The number of benzene rings is 1. The minimum Gasteiger partial charge on any atom is -0.291 e. The van der Waals surface area contributed by atoms with Crippen molar-refractivity contribution in [3.8, 4) is 6.19 Å². The highest BCUT2D eigenvalue weighted by molar-refractivity contribution is 9.10. The topological polar surface area (TPSA) is 48.7 Å². The Balaban J connectivity index is 2.70. The van der Waals surface area contributed by atoms with Gasteiger partial charge in [-0.3, -0.25) is 10.3 Å². The predicted octanol–water partition coefficient (Wildman–Crippen LogP) is 2.89. The fourth-order valence-corrected chi connectivity index (χ4v) is 1.64. The van der Waals surface area contributed by atoms with Crippen molar-refractivity contribution >= 4 is 32.5 Å². The maximum Gasteiger partial charge on any atom is 0.181 e. The van der Waals surface area contributed by atoms with E-state index >= 15 is 0 Å². The molecule has 68 valence electrons. The van der Waals surface area contributed by atoms with Crippen molar-refractivity contribution in [1.82, 2.24) is 4.98 Å². The molecule has 0 saturated carbocycles. The molecule has 0 bridgehead atoms. The molecule has 1 heterocycles. The van der Waals surface area contributed by atoms with Crippen LogP contribution in [-0.2, 0) is 0 Å². The Hall–Kier alpha value is -1.60. The van der Waals surface area contributed by atoms with Crippen LogP contribution < -0.4 is 5.32 Å². The van der Waals surface area contributed by atoms with Crippen LogP contribution in [0.3, 0.4) is 0 Å². The number of halogens is 1. The van der Waals surface area contributed by atoms with Crippen LogP contribution in [0.1, 0.15) is 0 Å². The van der Waals surface area contributed by atoms with Crippen molar-refractivity contribution in [2.24, 2.45) is 0 Å². The van der Waals surface area contributed by atoms with Gasteiger partial charge in [-0.25, -0.2) is 0 Å². The van der Waals surface area contributed by atoms with E-state index in [9.17, 15) is 0 Å². The maximum atomic E-state index is 8.54. The fourth-order valence-electron chi connectivity index (χ4n) is 1.30.